The number of aromatic nitrogens is 3. The summed E-state index contributed by atoms with van der Waals surface area (Å²) in [7, 11) is 3.16. The number of nitrogens with two attached hydrogens (primary N) is 1. The van der Waals surface area contributed by atoms with Crippen LogP contribution < -0.4 is 17.0 Å². The smallest absolute Gasteiger partial charge is 0.332 e. The molecule has 0 saturated carbocycles. The molecule has 1 atom stereocenters. The van der Waals surface area contributed by atoms with E-state index >= 15 is 0 Å². The molecule has 0 aliphatic heterocycles. The van der Waals surface area contributed by atoms with Gasteiger partial charge in [-0.05, 0) is 32.5 Å². The van der Waals surface area contributed by atoms with E-state index in [-0.39, 0.29) is 24.0 Å². The number of carbonyl (C=O) groups is 1. The van der Waals surface area contributed by atoms with Crippen molar-refractivity contribution in [3.8, 4) is 0 Å². The summed E-state index contributed by atoms with van der Waals surface area (Å²) in [5, 5.41) is 0.887. The van der Waals surface area contributed by atoms with Crippen LogP contribution in [-0.2, 0) is 13.6 Å². The number of thiazole rings is 1. The number of nitrogen functional groups attached to an aromatic ring is 1. The molecule has 0 fully saturated rings. The molecule has 0 aliphatic rings. The number of para-hydroxylation sites is 1. The Morgan fingerprint density at radius 2 is 2.00 bits per heavy atom. The van der Waals surface area contributed by atoms with E-state index in [2.05, 4.69) is 4.98 Å². The van der Waals surface area contributed by atoms with E-state index in [0.717, 1.165) is 19.8 Å². The SMILES string of the molecule is CCCn1c(N)c(C(=O)CN(C)[C@@H](C)c2nc3ccccc3s2)c(=O)n(C)c1=O. The number of hydrogen-bond acceptors (Lipinski definition) is 7. The largest absolute Gasteiger partial charge is 0.384 e. The summed E-state index contributed by atoms with van der Waals surface area (Å²) in [5.74, 6) is -0.477. The zero-order valence-corrected chi connectivity index (χ0v) is 17.8. The lowest BCUT2D eigenvalue weighted by atomic mass is 10.1. The Balaban J connectivity index is 1.89. The van der Waals surface area contributed by atoms with Crippen LogP contribution in [0.15, 0.2) is 33.9 Å². The van der Waals surface area contributed by atoms with Crippen LogP contribution in [-0.4, -0.2) is 38.4 Å². The van der Waals surface area contributed by atoms with Crippen LogP contribution in [0.2, 0.25) is 0 Å². The Morgan fingerprint density at radius 1 is 1.31 bits per heavy atom. The van der Waals surface area contributed by atoms with Gasteiger partial charge in [-0.1, -0.05) is 19.1 Å². The Morgan fingerprint density at radius 3 is 2.66 bits per heavy atom. The fourth-order valence-electron chi connectivity index (χ4n) is 3.18. The van der Waals surface area contributed by atoms with Gasteiger partial charge in [-0.25, -0.2) is 9.78 Å². The van der Waals surface area contributed by atoms with Crippen LogP contribution in [0.4, 0.5) is 5.82 Å². The number of anilines is 1. The molecule has 0 radical (unpaired) electrons. The van der Waals surface area contributed by atoms with Crippen molar-refractivity contribution in [1.29, 1.82) is 0 Å². The maximum absolute atomic E-state index is 13.0. The third-order valence-electron chi connectivity index (χ3n) is 5.03. The number of rotatable bonds is 7. The summed E-state index contributed by atoms with van der Waals surface area (Å²) in [6.07, 6.45) is 0.657. The molecule has 3 aromatic rings. The molecule has 0 amide bonds. The van der Waals surface area contributed by atoms with Gasteiger partial charge in [0, 0.05) is 13.6 Å². The summed E-state index contributed by atoms with van der Waals surface area (Å²) in [6, 6.07) is 7.74. The van der Waals surface area contributed by atoms with E-state index in [1.54, 1.807) is 18.4 Å². The lowest BCUT2D eigenvalue weighted by Crippen LogP contribution is -2.44. The van der Waals surface area contributed by atoms with Gasteiger partial charge in [0.15, 0.2) is 5.78 Å². The number of nitrogens with zero attached hydrogens (tertiary/aromatic N) is 4. The molecule has 0 aliphatic carbocycles. The topological polar surface area (TPSA) is 103 Å². The highest BCUT2D eigenvalue weighted by Crippen LogP contribution is 2.28. The molecule has 2 heterocycles. The summed E-state index contributed by atoms with van der Waals surface area (Å²) < 4.78 is 3.31. The Hall–Kier alpha value is -2.78. The third-order valence-corrected chi connectivity index (χ3v) is 6.24. The normalized spacial score (nSPS) is 12.6. The zero-order chi connectivity index (χ0) is 21.3. The Kier molecular flexibility index (Phi) is 5.99. The molecule has 29 heavy (non-hydrogen) atoms. The van der Waals surface area contributed by atoms with Crippen molar-refractivity contribution in [3.05, 3.63) is 55.7 Å². The molecule has 2 aromatic heterocycles. The van der Waals surface area contributed by atoms with Crippen LogP contribution in [0, 0.1) is 0 Å². The first-order valence-electron chi connectivity index (χ1n) is 9.44. The Bertz CT molecular complexity index is 1140. The van der Waals surface area contributed by atoms with E-state index in [1.165, 1.54) is 11.6 Å². The second kappa shape index (κ2) is 8.30. The molecular weight excluding hydrogens is 390 g/mol. The molecule has 0 bridgehead atoms. The number of carbonyl (C=O) groups excluding carboxylic acids is 1. The Labute approximate surface area is 172 Å². The summed E-state index contributed by atoms with van der Waals surface area (Å²) in [5.41, 5.74) is 5.67. The van der Waals surface area contributed by atoms with Gasteiger partial charge < -0.3 is 5.73 Å². The lowest BCUT2D eigenvalue weighted by molar-refractivity contribution is 0.0922. The molecule has 8 nitrogen and oxygen atoms in total. The molecular formula is C20H25N5O3S. The second-order valence-electron chi connectivity index (χ2n) is 7.09. The zero-order valence-electron chi connectivity index (χ0n) is 17.0. The van der Waals surface area contributed by atoms with E-state index in [9.17, 15) is 14.4 Å². The fourth-order valence-corrected chi connectivity index (χ4v) is 4.27. The number of likely N-dealkylation sites (N-methyl/N-ethyl adjacent to an activating group) is 1. The van der Waals surface area contributed by atoms with Crippen molar-refractivity contribution >= 4 is 33.2 Å². The minimum absolute atomic E-state index is 0.0130. The average Bonchev–Trinajstić information content (AvgIpc) is 3.13. The average molecular weight is 416 g/mol. The number of fused-ring (bicyclic) bond motifs is 1. The minimum Gasteiger partial charge on any atom is -0.384 e. The van der Waals surface area contributed by atoms with Crippen molar-refractivity contribution in [1.82, 2.24) is 19.0 Å². The monoisotopic (exact) mass is 415 g/mol. The molecule has 3 rings (SSSR count). The van der Waals surface area contributed by atoms with Gasteiger partial charge in [0.05, 0.1) is 22.8 Å². The minimum atomic E-state index is -0.661. The maximum Gasteiger partial charge on any atom is 0.332 e. The molecule has 0 saturated heterocycles. The van der Waals surface area contributed by atoms with Crippen molar-refractivity contribution in [3.63, 3.8) is 0 Å². The van der Waals surface area contributed by atoms with Crippen molar-refractivity contribution in [2.45, 2.75) is 32.9 Å². The molecule has 9 heteroatoms. The van der Waals surface area contributed by atoms with E-state index < -0.39 is 17.0 Å². The second-order valence-corrected chi connectivity index (χ2v) is 8.15. The highest BCUT2D eigenvalue weighted by molar-refractivity contribution is 7.18. The van der Waals surface area contributed by atoms with Gasteiger partial charge >= 0.3 is 5.69 Å². The number of ketones is 1. The van der Waals surface area contributed by atoms with E-state index in [0.29, 0.717) is 13.0 Å². The van der Waals surface area contributed by atoms with Crippen molar-refractivity contribution < 1.29 is 4.79 Å². The predicted molar refractivity (Wildman–Crippen MR) is 116 cm³/mol. The number of Topliss-reactive ketones (excluding diaryl/α,β-unsaturated/α-hetero) is 1. The predicted octanol–water partition coefficient (Wildman–Crippen LogP) is 2.02. The first-order chi connectivity index (χ1) is 13.8. The highest BCUT2D eigenvalue weighted by atomic mass is 32.1. The number of benzene rings is 1. The quantitative estimate of drug-likeness (QED) is 0.592. The van der Waals surface area contributed by atoms with Gasteiger partial charge in [-0.15, -0.1) is 11.3 Å². The molecule has 0 spiro atoms. The van der Waals surface area contributed by atoms with Gasteiger partial charge in [0.25, 0.3) is 5.56 Å². The van der Waals surface area contributed by atoms with Gasteiger partial charge in [0.2, 0.25) is 0 Å². The van der Waals surface area contributed by atoms with Crippen LogP contribution in [0.1, 0.15) is 41.7 Å². The van der Waals surface area contributed by atoms with Crippen molar-refractivity contribution in [2.75, 3.05) is 19.3 Å². The first-order valence-corrected chi connectivity index (χ1v) is 10.3. The van der Waals surface area contributed by atoms with Crippen LogP contribution >= 0.6 is 11.3 Å². The van der Waals surface area contributed by atoms with Crippen LogP contribution in [0.3, 0.4) is 0 Å². The summed E-state index contributed by atoms with van der Waals surface area (Å²) >= 11 is 1.58. The number of hydrogen-bond donors (Lipinski definition) is 1. The van der Waals surface area contributed by atoms with Crippen molar-refractivity contribution in [2.24, 2.45) is 7.05 Å². The lowest BCUT2D eigenvalue weighted by Gasteiger charge is -2.22. The van der Waals surface area contributed by atoms with E-state index in [4.69, 9.17) is 5.73 Å². The van der Waals surface area contributed by atoms with Gasteiger partial charge in [0.1, 0.15) is 16.4 Å². The third kappa shape index (κ3) is 3.88. The molecule has 154 valence electrons. The highest BCUT2D eigenvalue weighted by Gasteiger charge is 2.25. The van der Waals surface area contributed by atoms with Crippen LogP contribution in [0.5, 0.6) is 0 Å². The molecule has 1 aromatic carbocycles. The van der Waals surface area contributed by atoms with Gasteiger partial charge in [-0.2, -0.15) is 0 Å². The summed E-state index contributed by atoms with van der Waals surface area (Å²) in [6.45, 7) is 4.19. The summed E-state index contributed by atoms with van der Waals surface area (Å²) in [4.78, 5) is 44.3. The van der Waals surface area contributed by atoms with E-state index in [1.807, 2.05) is 43.0 Å². The van der Waals surface area contributed by atoms with Crippen LogP contribution in [0.25, 0.3) is 10.2 Å². The first kappa shape index (κ1) is 20.9. The fraction of sp³-hybridized carbons (Fsp3) is 0.400. The molecule has 0 unspecified atom stereocenters. The van der Waals surface area contributed by atoms with Gasteiger partial charge in [-0.3, -0.25) is 23.6 Å². The maximum atomic E-state index is 13.0. The molecule has 2 N–H and O–H groups in total. The standard InChI is InChI=1S/C20H25N5O3S/c1-5-10-25-17(21)16(19(27)24(4)20(25)28)14(26)11-23(3)12(2)18-22-13-8-6-7-9-15(13)29-18/h6-9,12H,5,10-11,21H2,1-4H3/t12-/m0/s1.